The summed E-state index contributed by atoms with van der Waals surface area (Å²) in [7, 11) is 1.94. The van der Waals surface area contributed by atoms with Crippen molar-refractivity contribution in [3.05, 3.63) is 28.9 Å². The molecule has 0 radical (unpaired) electrons. The van der Waals surface area contributed by atoms with Crippen LogP contribution in [0.4, 0.5) is 0 Å². The van der Waals surface area contributed by atoms with Crippen molar-refractivity contribution in [2.24, 2.45) is 0 Å². The largest absolute Gasteiger partial charge is 0.314 e. The Morgan fingerprint density at radius 1 is 1.25 bits per heavy atom. The predicted octanol–water partition coefficient (Wildman–Crippen LogP) is 1.82. The fourth-order valence-corrected chi connectivity index (χ4v) is 2.99. The lowest BCUT2D eigenvalue weighted by Gasteiger charge is -2.05. The van der Waals surface area contributed by atoms with Gasteiger partial charge >= 0.3 is 0 Å². The van der Waals surface area contributed by atoms with Gasteiger partial charge in [-0.1, -0.05) is 13.8 Å². The molecule has 7 heteroatoms. The van der Waals surface area contributed by atoms with Gasteiger partial charge in [-0.15, -0.1) is 16.4 Å². The highest BCUT2D eigenvalue weighted by atomic mass is 32.1. The highest BCUT2D eigenvalue weighted by molar-refractivity contribution is 7.15. The number of rotatable bonds is 5. The molecule has 3 heterocycles. The van der Waals surface area contributed by atoms with Crippen LogP contribution in [-0.4, -0.2) is 31.2 Å². The first-order valence-corrected chi connectivity index (χ1v) is 7.70. The van der Waals surface area contributed by atoms with Gasteiger partial charge in [-0.25, -0.2) is 4.98 Å². The van der Waals surface area contributed by atoms with Crippen LogP contribution in [0.5, 0.6) is 0 Å². The maximum atomic E-state index is 4.72. The predicted molar refractivity (Wildman–Crippen MR) is 79.5 cm³/mol. The topological polar surface area (TPSA) is 60.0 Å². The van der Waals surface area contributed by atoms with E-state index >= 15 is 0 Å². The maximum Gasteiger partial charge on any atom is 0.196 e. The van der Waals surface area contributed by atoms with E-state index in [0.29, 0.717) is 0 Å². The van der Waals surface area contributed by atoms with Gasteiger partial charge in [-0.3, -0.25) is 4.40 Å². The summed E-state index contributed by atoms with van der Waals surface area (Å²) in [4.78, 5) is 10.3. The fraction of sp³-hybridized carbons (Fsp3) is 0.462. The molecule has 0 amide bonds. The molecule has 3 aromatic heterocycles. The summed E-state index contributed by atoms with van der Waals surface area (Å²) in [5.41, 5.74) is 1.12. The zero-order chi connectivity index (χ0) is 14.1. The molecule has 0 spiro atoms. The molecule has 6 nitrogen and oxygen atoms in total. The smallest absolute Gasteiger partial charge is 0.196 e. The standard InChI is InChI=1S/C13H18N6S/c1-4-10-15-11(5-2)19(17-10)12-9(8-14-3)18-6-7-20-13(18)16-12/h6-7,14H,4-5,8H2,1-3H3. The highest BCUT2D eigenvalue weighted by Gasteiger charge is 2.18. The van der Waals surface area contributed by atoms with Crippen LogP contribution in [0.15, 0.2) is 11.6 Å². The molecule has 0 bridgehead atoms. The normalized spacial score (nSPS) is 11.6. The Hall–Kier alpha value is -1.73. The summed E-state index contributed by atoms with van der Waals surface area (Å²) in [6.45, 7) is 4.91. The van der Waals surface area contributed by atoms with Crippen LogP contribution in [0.1, 0.15) is 31.2 Å². The van der Waals surface area contributed by atoms with Crippen LogP contribution in [0.2, 0.25) is 0 Å². The average Bonchev–Trinajstić information content (AvgIpc) is 3.13. The fourth-order valence-electron chi connectivity index (χ4n) is 2.26. The molecule has 1 N–H and O–H groups in total. The minimum atomic E-state index is 0.748. The van der Waals surface area contributed by atoms with Gasteiger partial charge in [-0.05, 0) is 7.05 Å². The Labute approximate surface area is 121 Å². The lowest BCUT2D eigenvalue weighted by Crippen LogP contribution is -2.12. The van der Waals surface area contributed by atoms with Crippen molar-refractivity contribution in [3.8, 4) is 5.82 Å². The van der Waals surface area contributed by atoms with E-state index in [4.69, 9.17) is 4.98 Å². The quantitative estimate of drug-likeness (QED) is 0.778. The van der Waals surface area contributed by atoms with E-state index < -0.39 is 0 Å². The summed E-state index contributed by atoms with van der Waals surface area (Å²) >= 11 is 1.63. The first-order chi connectivity index (χ1) is 9.78. The summed E-state index contributed by atoms with van der Waals surface area (Å²) in [6.07, 6.45) is 3.73. The number of nitrogens with one attached hydrogen (secondary N) is 1. The lowest BCUT2D eigenvalue weighted by molar-refractivity contribution is 0.729. The second-order valence-corrected chi connectivity index (χ2v) is 5.40. The molecule has 0 aliphatic carbocycles. The number of hydrogen-bond donors (Lipinski definition) is 1. The number of imidazole rings is 1. The van der Waals surface area contributed by atoms with E-state index in [9.17, 15) is 0 Å². The first kappa shape index (κ1) is 13.3. The summed E-state index contributed by atoms with van der Waals surface area (Å²) in [5, 5.41) is 9.84. The molecular formula is C13H18N6S. The van der Waals surface area contributed by atoms with Gasteiger partial charge < -0.3 is 5.32 Å². The molecule has 106 valence electrons. The van der Waals surface area contributed by atoms with Crippen molar-refractivity contribution < 1.29 is 0 Å². The minimum absolute atomic E-state index is 0.748. The summed E-state index contributed by atoms with van der Waals surface area (Å²) < 4.78 is 4.01. The molecule has 0 saturated carbocycles. The number of hydrogen-bond acceptors (Lipinski definition) is 5. The molecule has 0 atom stereocenters. The molecular weight excluding hydrogens is 272 g/mol. The molecule has 0 unspecified atom stereocenters. The van der Waals surface area contributed by atoms with E-state index in [0.717, 1.165) is 47.5 Å². The van der Waals surface area contributed by atoms with E-state index in [1.165, 1.54) is 0 Å². The van der Waals surface area contributed by atoms with Crippen LogP contribution in [0.25, 0.3) is 10.8 Å². The van der Waals surface area contributed by atoms with Crippen LogP contribution < -0.4 is 5.32 Å². The third-order valence-corrected chi connectivity index (χ3v) is 3.99. The second-order valence-electron chi connectivity index (χ2n) is 4.53. The Morgan fingerprint density at radius 2 is 2.10 bits per heavy atom. The number of aromatic nitrogens is 5. The van der Waals surface area contributed by atoms with Gasteiger partial charge in [0.1, 0.15) is 5.82 Å². The van der Waals surface area contributed by atoms with Crippen molar-refractivity contribution in [1.82, 2.24) is 29.5 Å². The molecule has 0 aromatic carbocycles. The van der Waals surface area contributed by atoms with Crippen molar-refractivity contribution in [2.45, 2.75) is 33.2 Å². The van der Waals surface area contributed by atoms with Gasteiger partial charge in [0, 0.05) is 31.0 Å². The average molecular weight is 290 g/mol. The van der Waals surface area contributed by atoms with E-state index in [1.807, 2.05) is 23.3 Å². The van der Waals surface area contributed by atoms with Gasteiger partial charge in [0.25, 0.3) is 0 Å². The number of aryl methyl sites for hydroxylation is 2. The van der Waals surface area contributed by atoms with Gasteiger partial charge in [0.2, 0.25) is 0 Å². The Bertz CT molecular complexity index is 722. The van der Waals surface area contributed by atoms with Crippen molar-refractivity contribution >= 4 is 16.3 Å². The van der Waals surface area contributed by atoms with Crippen LogP contribution >= 0.6 is 11.3 Å². The molecule has 3 rings (SSSR count). The lowest BCUT2D eigenvalue weighted by atomic mass is 10.4. The van der Waals surface area contributed by atoms with Crippen molar-refractivity contribution in [1.29, 1.82) is 0 Å². The third-order valence-electron chi connectivity index (χ3n) is 3.24. The van der Waals surface area contributed by atoms with Crippen molar-refractivity contribution in [3.63, 3.8) is 0 Å². The molecule has 3 aromatic rings. The molecule has 0 saturated heterocycles. The van der Waals surface area contributed by atoms with Crippen LogP contribution in [0, 0.1) is 0 Å². The van der Waals surface area contributed by atoms with E-state index in [-0.39, 0.29) is 0 Å². The number of nitrogens with zero attached hydrogens (tertiary/aromatic N) is 5. The van der Waals surface area contributed by atoms with Gasteiger partial charge in [0.05, 0.1) is 5.69 Å². The van der Waals surface area contributed by atoms with E-state index in [2.05, 4.69) is 33.6 Å². The first-order valence-electron chi connectivity index (χ1n) is 6.82. The van der Waals surface area contributed by atoms with Gasteiger partial charge in [-0.2, -0.15) is 9.67 Å². The Morgan fingerprint density at radius 3 is 2.80 bits per heavy atom. The monoisotopic (exact) mass is 290 g/mol. The summed E-state index contributed by atoms with van der Waals surface area (Å²) in [6, 6.07) is 0. The zero-order valence-electron chi connectivity index (χ0n) is 11.9. The highest BCUT2D eigenvalue weighted by Crippen LogP contribution is 2.21. The van der Waals surface area contributed by atoms with E-state index in [1.54, 1.807) is 11.3 Å². The number of thiazole rings is 1. The third kappa shape index (κ3) is 2.03. The van der Waals surface area contributed by atoms with Crippen LogP contribution in [-0.2, 0) is 19.4 Å². The van der Waals surface area contributed by atoms with Crippen LogP contribution in [0.3, 0.4) is 0 Å². The molecule has 0 aliphatic rings. The Balaban J connectivity index is 2.19. The summed E-state index contributed by atoms with van der Waals surface area (Å²) in [5.74, 6) is 2.72. The molecule has 0 aliphatic heterocycles. The zero-order valence-corrected chi connectivity index (χ0v) is 12.7. The van der Waals surface area contributed by atoms with Crippen molar-refractivity contribution in [2.75, 3.05) is 7.05 Å². The van der Waals surface area contributed by atoms with Gasteiger partial charge in [0.15, 0.2) is 16.6 Å². The minimum Gasteiger partial charge on any atom is -0.314 e. The maximum absolute atomic E-state index is 4.72. The Kier molecular flexibility index (Phi) is 3.54. The SMILES string of the molecule is CCc1nc(CC)n(-c2nc3sccn3c2CNC)n1. The number of fused-ring (bicyclic) bond motifs is 1. The molecule has 20 heavy (non-hydrogen) atoms. The second kappa shape index (κ2) is 5.34. The molecule has 0 fully saturated rings.